The molecule has 0 unspecified atom stereocenters. The molecule has 106 valence electrons. The van der Waals surface area contributed by atoms with E-state index in [4.69, 9.17) is 20.8 Å². The molecule has 1 aromatic heterocycles. The third-order valence-electron chi connectivity index (χ3n) is 3.21. The van der Waals surface area contributed by atoms with Crippen LogP contribution in [0.5, 0.6) is 0 Å². The molecule has 19 heavy (non-hydrogen) atoms. The predicted octanol–water partition coefficient (Wildman–Crippen LogP) is 1.39. The van der Waals surface area contributed by atoms with Gasteiger partial charge >= 0.3 is 0 Å². The fraction of sp³-hybridized carbons (Fsp3) is 0.615. The second-order valence-electron chi connectivity index (χ2n) is 4.54. The summed E-state index contributed by atoms with van der Waals surface area (Å²) in [6.45, 7) is 6.63. The van der Waals surface area contributed by atoms with Gasteiger partial charge in [-0.05, 0) is 13.0 Å². The molecule has 1 aromatic rings. The Hall–Kier alpha value is -1.04. The molecular formula is C13H19ClN2O3. The van der Waals surface area contributed by atoms with Crippen LogP contribution in [0.1, 0.15) is 21.9 Å². The van der Waals surface area contributed by atoms with Gasteiger partial charge in [0.1, 0.15) is 5.76 Å². The Morgan fingerprint density at radius 1 is 1.47 bits per heavy atom. The van der Waals surface area contributed by atoms with Crippen molar-refractivity contribution in [3.63, 3.8) is 0 Å². The van der Waals surface area contributed by atoms with Crippen molar-refractivity contribution < 1.29 is 13.9 Å². The highest BCUT2D eigenvalue weighted by atomic mass is 35.5. The Bertz CT molecular complexity index is 428. The zero-order chi connectivity index (χ0) is 13.7. The number of ether oxygens (including phenoxy) is 1. The monoisotopic (exact) mass is 286 g/mol. The number of hydrogen-bond donors (Lipinski definition) is 1. The van der Waals surface area contributed by atoms with E-state index >= 15 is 0 Å². The largest absolute Gasteiger partial charge is 0.456 e. The lowest BCUT2D eigenvalue weighted by molar-refractivity contribution is 0.0382. The van der Waals surface area contributed by atoms with E-state index in [-0.39, 0.29) is 5.91 Å². The first-order valence-corrected chi connectivity index (χ1v) is 6.97. The van der Waals surface area contributed by atoms with Crippen molar-refractivity contribution in [2.24, 2.45) is 0 Å². The molecule has 2 heterocycles. The van der Waals surface area contributed by atoms with Crippen LogP contribution in [0, 0.1) is 6.92 Å². The van der Waals surface area contributed by atoms with E-state index in [0.717, 1.165) is 38.4 Å². The van der Waals surface area contributed by atoms with E-state index in [2.05, 4.69) is 10.2 Å². The van der Waals surface area contributed by atoms with Gasteiger partial charge in [-0.2, -0.15) is 0 Å². The van der Waals surface area contributed by atoms with Gasteiger partial charge in [0, 0.05) is 31.7 Å². The summed E-state index contributed by atoms with van der Waals surface area (Å²) in [6, 6.07) is 1.70. The maximum absolute atomic E-state index is 11.9. The number of carbonyl (C=O) groups excluding carboxylic acids is 1. The van der Waals surface area contributed by atoms with Gasteiger partial charge in [0.25, 0.3) is 5.91 Å². The average Bonchev–Trinajstić information content (AvgIpc) is 2.81. The van der Waals surface area contributed by atoms with Gasteiger partial charge in [-0.1, -0.05) is 0 Å². The SMILES string of the molecule is Cc1oc(C(=O)NCCN2CCOCC2)cc1CCl. The molecular weight excluding hydrogens is 268 g/mol. The van der Waals surface area contributed by atoms with Crippen molar-refractivity contribution in [3.8, 4) is 0 Å². The summed E-state index contributed by atoms with van der Waals surface area (Å²) in [5.41, 5.74) is 0.861. The molecule has 5 nitrogen and oxygen atoms in total. The van der Waals surface area contributed by atoms with Crippen molar-refractivity contribution in [2.45, 2.75) is 12.8 Å². The molecule has 0 spiro atoms. The van der Waals surface area contributed by atoms with Crippen molar-refractivity contribution in [2.75, 3.05) is 39.4 Å². The first-order valence-electron chi connectivity index (χ1n) is 6.44. The van der Waals surface area contributed by atoms with Crippen LogP contribution in [0.15, 0.2) is 10.5 Å². The number of rotatable bonds is 5. The maximum atomic E-state index is 11.9. The highest BCUT2D eigenvalue weighted by Gasteiger charge is 2.14. The van der Waals surface area contributed by atoms with Crippen molar-refractivity contribution in [1.82, 2.24) is 10.2 Å². The van der Waals surface area contributed by atoms with E-state index in [1.54, 1.807) is 6.07 Å². The van der Waals surface area contributed by atoms with Gasteiger partial charge in [0.2, 0.25) is 0 Å². The lowest BCUT2D eigenvalue weighted by Crippen LogP contribution is -2.41. The third-order valence-corrected chi connectivity index (χ3v) is 3.49. The molecule has 0 bridgehead atoms. The summed E-state index contributed by atoms with van der Waals surface area (Å²) >= 11 is 5.75. The topological polar surface area (TPSA) is 54.7 Å². The number of amides is 1. The normalized spacial score (nSPS) is 16.5. The Morgan fingerprint density at radius 3 is 2.84 bits per heavy atom. The highest BCUT2D eigenvalue weighted by Crippen LogP contribution is 2.16. The van der Waals surface area contributed by atoms with Crippen LogP contribution in [0.4, 0.5) is 0 Å². The summed E-state index contributed by atoms with van der Waals surface area (Å²) in [4.78, 5) is 14.1. The Balaban J connectivity index is 1.77. The molecule has 0 atom stereocenters. The van der Waals surface area contributed by atoms with E-state index in [1.807, 2.05) is 6.92 Å². The quantitative estimate of drug-likeness (QED) is 0.831. The molecule has 1 aliphatic rings. The highest BCUT2D eigenvalue weighted by molar-refractivity contribution is 6.17. The minimum atomic E-state index is -0.187. The number of furan rings is 1. The lowest BCUT2D eigenvalue weighted by atomic mass is 10.3. The van der Waals surface area contributed by atoms with E-state index in [0.29, 0.717) is 23.9 Å². The zero-order valence-corrected chi connectivity index (χ0v) is 11.8. The van der Waals surface area contributed by atoms with Crippen LogP contribution >= 0.6 is 11.6 Å². The molecule has 1 amide bonds. The summed E-state index contributed by atoms with van der Waals surface area (Å²) < 4.78 is 10.6. The van der Waals surface area contributed by atoms with Crippen LogP contribution in [0.2, 0.25) is 0 Å². The Morgan fingerprint density at radius 2 is 2.21 bits per heavy atom. The molecule has 1 saturated heterocycles. The van der Waals surface area contributed by atoms with Gasteiger partial charge in [-0.25, -0.2) is 0 Å². The number of carbonyl (C=O) groups is 1. The van der Waals surface area contributed by atoms with Crippen LogP contribution in [-0.4, -0.2) is 50.2 Å². The molecule has 1 aliphatic heterocycles. The molecule has 0 aromatic carbocycles. The van der Waals surface area contributed by atoms with Crippen LogP contribution < -0.4 is 5.32 Å². The number of morpholine rings is 1. The number of alkyl halides is 1. The fourth-order valence-corrected chi connectivity index (χ4v) is 2.27. The van der Waals surface area contributed by atoms with Gasteiger partial charge in [0.05, 0.1) is 19.1 Å². The van der Waals surface area contributed by atoms with Crippen LogP contribution in [0.3, 0.4) is 0 Å². The fourth-order valence-electron chi connectivity index (χ4n) is 2.00. The van der Waals surface area contributed by atoms with Gasteiger partial charge in [-0.15, -0.1) is 11.6 Å². The van der Waals surface area contributed by atoms with Gasteiger partial charge in [0.15, 0.2) is 5.76 Å². The number of aryl methyl sites for hydroxylation is 1. The molecule has 1 fully saturated rings. The zero-order valence-electron chi connectivity index (χ0n) is 11.1. The first-order chi connectivity index (χ1) is 9.20. The molecule has 2 rings (SSSR count). The summed E-state index contributed by atoms with van der Waals surface area (Å²) in [7, 11) is 0. The molecule has 0 aliphatic carbocycles. The van der Waals surface area contributed by atoms with Crippen molar-refractivity contribution >= 4 is 17.5 Å². The predicted molar refractivity (Wildman–Crippen MR) is 72.6 cm³/mol. The van der Waals surface area contributed by atoms with E-state index < -0.39 is 0 Å². The minimum absolute atomic E-state index is 0.187. The van der Waals surface area contributed by atoms with E-state index in [1.165, 1.54) is 0 Å². The first kappa shape index (κ1) is 14.4. The van der Waals surface area contributed by atoms with E-state index in [9.17, 15) is 4.79 Å². The average molecular weight is 287 g/mol. The standard InChI is InChI=1S/C13H19ClN2O3/c1-10-11(9-14)8-12(19-10)13(17)15-2-3-16-4-6-18-7-5-16/h8H,2-7,9H2,1H3,(H,15,17). The summed E-state index contributed by atoms with van der Waals surface area (Å²) in [5.74, 6) is 1.20. The molecule has 1 N–H and O–H groups in total. The summed E-state index contributed by atoms with van der Waals surface area (Å²) in [6.07, 6.45) is 0. The molecule has 0 saturated carbocycles. The third kappa shape index (κ3) is 3.96. The molecule has 6 heteroatoms. The lowest BCUT2D eigenvalue weighted by Gasteiger charge is -2.26. The van der Waals surface area contributed by atoms with Crippen LogP contribution in [0.25, 0.3) is 0 Å². The van der Waals surface area contributed by atoms with Gasteiger partial charge < -0.3 is 14.5 Å². The second kappa shape index (κ2) is 6.93. The van der Waals surface area contributed by atoms with Crippen LogP contribution in [-0.2, 0) is 10.6 Å². The minimum Gasteiger partial charge on any atom is -0.456 e. The number of nitrogens with zero attached hydrogens (tertiary/aromatic N) is 1. The number of halogens is 1. The van der Waals surface area contributed by atoms with Crippen molar-refractivity contribution in [3.05, 3.63) is 23.2 Å². The van der Waals surface area contributed by atoms with Gasteiger partial charge in [-0.3, -0.25) is 9.69 Å². The molecule has 0 radical (unpaired) electrons. The Labute approximate surface area is 117 Å². The number of nitrogens with one attached hydrogen (secondary N) is 1. The Kier molecular flexibility index (Phi) is 5.24. The second-order valence-corrected chi connectivity index (χ2v) is 4.80. The number of hydrogen-bond acceptors (Lipinski definition) is 4. The maximum Gasteiger partial charge on any atom is 0.287 e. The van der Waals surface area contributed by atoms with Crippen molar-refractivity contribution in [1.29, 1.82) is 0 Å². The smallest absolute Gasteiger partial charge is 0.287 e. The summed E-state index contributed by atoms with van der Waals surface area (Å²) in [5, 5.41) is 2.85.